The van der Waals surface area contributed by atoms with Crippen LogP contribution >= 0.6 is 7.82 Å². The predicted octanol–water partition coefficient (Wildman–Crippen LogP) is 15.8. The maximum absolute atomic E-state index is 12.6. The van der Waals surface area contributed by atoms with Crippen molar-refractivity contribution >= 4 is 13.8 Å². The van der Waals surface area contributed by atoms with E-state index in [4.69, 9.17) is 24.3 Å². The van der Waals surface area contributed by atoms with Crippen molar-refractivity contribution in [1.29, 1.82) is 0 Å². The minimum atomic E-state index is -4.28. The van der Waals surface area contributed by atoms with E-state index in [2.05, 4.69) is 26.0 Å². The van der Waals surface area contributed by atoms with E-state index in [0.29, 0.717) is 13.0 Å². The van der Waals surface area contributed by atoms with Crippen LogP contribution in [0.1, 0.15) is 264 Å². The van der Waals surface area contributed by atoms with Crippen LogP contribution in [-0.4, -0.2) is 49.9 Å². The summed E-state index contributed by atoms with van der Waals surface area (Å²) < 4.78 is 33.5. The van der Waals surface area contributed by atoms with Gasteiger partial charge in [0.2, 0.25) is 0 Å². The zero-order valence-electron chi connectivity index (χ0n) is 39.3. The third-order valence-electron chi connectivity index (χ3n) is 11.4. The largest absolute Gasteiger partial charge is 0.472 e. The highest BCUT2D eigenvalue weighted by molar-refractivity contribution is 7.47. The van der Waals surface area contributed by atoms with Crippen LogP contribution < -0.4 is 5.73 Å². The second-order valence-electron chi connectivity index (χ2n) is 17.4. The molecule has 3 N–H and O–H groups in total. The van der Waals surface area contributed by atoms with Gasteiger partial charge in [0.15, 0.2) is 0 Å². The van der Waals surface area contributed by atoms with E-state index >= 15 is 0 Å². The maximum atomic E-state index is 12.6. The van der Waals surface area contributed by atoms with Gasteiger partial charge in [-0.05, 0) is 38.5 Å². The summed E-state index contributed by atoms with van der Waals surface area (Å²) in [5, 5.41) is 0. The van der Waals surface area contributed by atoms with Crippen molar-refractivity contribution in [2.75, 3.05) is 33.0 Å². The zero-order chi connectivity index (χ0) is 43.0. The Hall–Kier alpha value is -0.760. The van der Waals surface area contributed by atoms with E-state index in [1.165, 1.54) is 212 Å². The molecule has 0 amide bonds. The molecule has 59 heavy (non-hydrogen) atoms. The Kier molecular flexibility index (Phi) is 47.7. The van der Waals surface area contributed by atoms with Crippen LogP contribution in [0.3, 0.4) is 0 Å². The molecule has 0 bridgehead atoms. The van der Waals surface area contributed by atoms with E-state index in [-0.39, 0.29) is 32.3 Å². The quantitative estimate of drug-likeness (QED) is 0.0269. The van der Waals surface area contributed by atoms with Crippen LogP contribution in [-0.2, 0) is 27.9 Å². The molecule has 0 aliphatic rings. The van der Waals surface area contributed by atoms with E-state index in [1.54, 1.807) is 0 Å². The number of rotatable bonds is 50. The van der Waals surface area contributed by atoms with E-state index in [0.717, 1.165) is 32.1 Å². The summed E-state index contributed by atoms with van der Waals surface area (Å²) in [7, 11) is -4.28. The molecule has 0 aromatic heterocycles. The number of hydrogen-bond acceptors (Lipinski definition) is 7. The van der Waals surface area contributed by atoms with Crippen molar-refractivity contribution in [2.24, 2.45) is 5.73 Å². The summed E-state index contributed by atoms with van der Waals surface area (Å²) >= 11 is 0. The normalized spacial score (nSPS) is 13.4. The predicted molar refractivity (Wildman–Crippen MR) is 252 cm³/mol. The molecule has 0 saturated heterocycles. The zero-order valence-corrected chi connectivity index (χ0v) is 40.2. The molecule has 0 fully saturated rings. The summed E-state index contributed by atoms with van der Waals surface area (Å²) in [5.74, 6) is -0.325. The van der Waals surface area contributed by atoms with Crippen molar-refractivity contribution in [2.45, 2.75) is 270 Å². The Balaban J connectivity index is 3.85. The average molecular weight is 858 g/mol. The second-order valence-corrected chi connectivity index (χ2v) is 18.8. The molecule has 0 radical (unpaired) electrons. The Morgan fingerprint density at radius 3 is 1.24 bits per heavy atom. The number of phosphoric ester groups is 1. The van der Waals surface area contributed by atoms with Gasteiger partial charge in [0.25, 0.3) is 0 Å². The number of esters is 1. The molecule has 9 heteroatoms. The lowest BCUT2D eigenvalue weighted by atomic mass is 10.0. The van der Waals surface area contributed by atoms with Crippen LogP contribution in [0.15, 0.2) is 12.2 Å². The highest BCUT2D eigenvalue weighted by atomic mass is 31.2. The first-order chi connectivity index (χ1) is 28.9. The molecular weight excluding hydrogens is 758 g/mol. The number of carbonyl (C=O) groups is 1. The molecule has 8 nitrogen and oxygen atoms in total. The third-order valence-corrected chi connectivity index (χ3v) is 12.4. The number of allylic oxidation sites excluding steroid dienone is 2. The molecule has 0 aliphatic heterocycles. The third kappa shape index (κ3) is 48.1. The van der Waals surface area contributed by atoms with Crippen molar-refractivity contribution < 1.29 is 32.8 Å². The Labute approximate surface area is 366 Å². The van der Waals surface area contributed by atoms with E-state index in [1.807, 2.05) is 0 Å². The maximum Gasteiger partial charge on any atom is 0.472 e. The fourth-order valence-electron chi connectivity index (χ4n) is 7.64. The van der Waals surface area contributed by atoms with Gasteiger partial charge in [0, 0.05) is 19.6 Å². The molecule has 0 rings (SSSR count). The Bertz CT molecular complexity index is 920. The molecular formula is C50H100NO7P. The first-order valence-electron chi connectivity index (χ1n) is 25.7. The number of nitrogens with two attached hydrogens (primary N) is 1. The molecule has 2 atom stereocenters. The van der Waals surface area contributed by atoms with Gasteiger partial charge >= 0.3 is 13.8 Å². The van der Waals surface area contributed by atoms with Crippen molar-refractivity contribution in [1.82, 2.24) is 0 Å². The molecule has 0 saturated carbocycles. The number of phosphoric acid groups is 1. The van der Waals surface area contributed by atoms with Crippen molar-refractivity contribution in [3.8, 4) is 0 Å². The molecule has 0 spiro atoms. The topological polar surface area (TPSA) is 117 Å². The van der Waals surface area contributed by atoms with Crippen LogP contribution in [0.5, 0.6) is 0 Å². The molecule has 0 heterocycles. The Morgan fingerprint density at radius 1 is 0.492 bits per heavy atom. The second kappa shape index (κ2) is 48.3. The monoisotopic (exact) mass is 858 g/mol. The van der Waals surface area contributed by atoms with Crippen molar-refractivity contribution in [3.63, 3.8) is 0 Å². The van der Waals surface area contributed by atoms with Crippen molar-refractivity contribution in [3.05, 3.63) is 12.2 Å². The van der Waals surface area contributed by atoms with Gasteiger partial charge in [-0.2, -0.15) is 0 Å². The van der Waals surface area contributed by atoms with Crippen LogP contribution in [0.25, 0.3) is 0 Å². The summed E-state index contributed by atoms with van der Waals surface area (Å²) in [5.41, 5.74) is 5.38. The standard InChI is InChI=1S/C50H100NO7P/c1-3-5-7-9-11-13-15-17-19-20-21-22-23-24-25-26-27-28-29-31-33-35-37-39-41-43-50(52)58-49(48-57-59(53,54)56-46-44-51)47-55-45-42-40-38-36-34-32-30-18-16-14-12-10-8-6-4-2/h16,18,49H,3-15,17,19-48,51H2,1-2H3,(H,53,54)/b18-16-. The highest BCUT2D eigenvalue weighted by Crippen LogP contribution is 2.43. The number of carbonyl (C=O) groups excluding carboxylic acids is 1. The minimum Gasteiger partial charge on any atom is -0.457 e. The van der Waals surface area contributed by atoms with Crippen LogP contribution in [0, 0.1) is 0 Å². The summed E-state index contributed by atoms with van der Waals surface area (Å²) in [6.45, 7) is 4.96. The van der Waals surface area contributed by atoms with Gasteiger partial charge < -0.3 is 20.1 Å². The average Bonchev–Trinajstić information content (AvgIpc) is 3.23. The summed E-state index contributed by atoms with van der Waals surface area (Å²) in [6.07, 6.45) is 53.9. The highest BCUT2D eigenvalue weighted by Gasteiger charge is 2.25. The number of hydrogen-bond donors (Lipinski definition) is 2. The van der Waals surface area contributed by atoms with E-state index < -0.39 is 13.9 Å². The van der Waals surface area contributed by atoms with Gasteiger partial charge in [-0.15, -0.1) is 0 Å². The lowest BCUT2D eigenvalue weighted by molar-refractivity contribution is -0.154. The van der Waals surface area contributed by atoms with Gasteiger partial charge in [-0.25, -0.2) is 4.57 Å². The molecule has 0 aromatic carbocycles. The Morgan fingerprint density at radius 2 is 0.847 bits per heavy atom. The number of unbranched alkanes of at least 4 members (excludes halogenated alkanes) is 35. The van der Waals surface area contributed by atoms with Crippen LogP contribution in [0.2, 0.25) is 0 Å². The van der Waals surface area contributed by atoms with Gasteiger partial charge in [0.05, 0.1) is 19.8 Å². The molecule has 0 aliphatic carbocycles. The first-order valence-corrected chi connectivity index (χ1v) is 27.2. The smallest absolute Gasteiger partial charge is 0.457 e. The fourth-order valence-corrected chi connectivity index (χ4v) is 8.41. The van der Waals surface area contributed by atoms with Gasteiger partial charge in [-0.1, -0.05) is 231 Å². The molecule has 352 valence electrons. The lowest BCUT2D eigenvalue weighted by Crippen LogP contribution is -2.28. The fraction of sp³-hybridized carbons (Fsp3) is 0.940. The minimum absolute atomic E-state index is 0.0930. The first kappa shape index (κ1) is 58.2. The molecule has 0 aromatic rings. The van der Waals surface area contributed by atoms with Crippen LogP contribution in [0.4, 0.5) is 0 Å². The lowest BCUT2D eigenvalue weighted by Gasteiger charge is -2.20. The SMILES string of the molecule is CCCCCCC/C=C\CCCCCCCCOCC(COP(=O)(O)OCCN)OC(=O)CCCCCCCCCCCCCCCCCCCCCCCCCCC. The van der Waals surface area contributed by atoms with E-state index in [9.17, 15) is 14.3 Å². The summed E-state index contributed by atoms with van der Waals surface area (Å²) in [4.78, 5) is 22.6. The molecule has 2 unspecified atom stereocenters. The number of ether oxygens (including phenoxy) is 2. The van der Waals surface area contributed by atoms with Gasteiger partial charge in [-0.3, -0.25) is 13.8 Å². The van der Waals surface area contributed by atoms with Gasteiger partial charge in [0.1, 0.15) is 6.10 Å². The summed E-state index contributed by atoms with van der Waals surface area (Å²) in [6, 6.07) is 0.